The maximum absolute atomic E-state index is 12.7. The number of ketones is 1. The molecule has 0 saturated carbocycles. The van der Waals surface area contributed by atoms with Gasteiger partial charge in [0.15, 0.2) is 5.78 Å². The zero-order valence-electron chi connectivity index (χ0n) is 15.2. The van der Waals surface area contributed by atoms with E-state index in [1.54, 1.807) is 49.2 Å². The largest absolute Gasteiger partial charge is 0.383 e. The summed E-state index contributed by atoms with van der Waals surface area (Å²) in [6.45, 7) is 5.78. The van der Waals surface area contributed by atoms with E-state index >= 15 is 0 Å². The van der Waals surface area contributed by atoms with Gasteiger partial charge in [0.25, 0.3) is 0 Å². The fraction of sp³-hybridized carbons (Fsp3) is 0.500. The lowest BCUT2D eigenvalue weighted by Gasteiger charge is -2.26. The molecule has 0 aliphatic heterocycles. The summed E-state index contributed by atoms with van der Waals surface area (Å²) in [6.07, 6.45) is 4.82. The standard InChI is InChI=1S/C18H28N2O3S/c1-6-7-12-20(24(22,23)15(2)3)17-10-8-9-16(14-17)18(21)11-13-19(4)5/h8-11,13-15H,6-7,12H2,1-5H3/b13-11+. The molecule has 0 heterocycles. The number of unbranched alkanes of at least 4 members (excludes halogenated alkanes) is 1. The van der Waals surface area contributed by atoms with Crippen LogP contribution in [0.4, 0.5) is 5.69 Å². The van der Waals surface area contributed by atoms with E-state index in [2.05, 4.69) is 0 Å². The Morgan fingerprint density at radius 3 is 2.46 bits per heavy atom. The van der Waals surface area contributed by atoms with Crippen LogP contribution in [0.1, 0.15) is 44.0 Å². The zero-order chi connectivity index (χ0) is 18.3. The third-order valence-corrected chi connectivity index (χ3v) is 5.76. The summed E-state index contributed by atoms with van der Waals surface area (Å²) in [5.74, 6) is -0.150. The quantitative estimate of drug-likeness (QED) is 0.505. The lowest BCUT2D eigenvalue weighted by Crippen LogP contribution is -2.37. The number of benzene rings is 1. The van der Waals surface area contributed by atoms with Gasteiger partial charge in [0, 0.05) is 38.5 Å². The van der Waals surface area contributed by atoms with Gasteiger partial charge in [-0.1, -0.05) is 25.5 Å². The first-order chi connectivity index (χ1) is 11.2. The highest BCUT2D eigenvalue weighted by molar-refractivity contribution is 7.93. The lowest BCUT2D eigenvalue weighted by atomic mass is 10.1. The minimum absolute atomic E-state index is 0.150. The first-order valence-corrected chi connectivity index (χ1v) is 9.71. The Labute approximate surface area is 146 Å². The van der Waals surface area contributed by atoms with E-state index in [0.717, 1.165) is 12.8 Å². The predicted octanol–water partition coefficient (Wildman–Crippen LogP) is 3.29. The average Bonchev–Trinajstić information content (AvgIpc) is 2.52. The number of allylic oxidation sites excluding steroid dienone is 1. The van der Waals surface area contributed by atoms with Gasteiger partial charge in [0.1, 0.15) is 0 Å². The fourth-order valence-corrected chi connectivity index (χ4v) is 3.39. The van der Waals surface area contributed by atoms with Crippen LogP contribution in [0.5, 0.6) is 0 Å². The van der Waals surface area contributed by atoms with Crippen LogP contribution in [-0.4, -0.2) is 45.0 Å². The van der Waals surface area contributed by atoms with Crippen LogP contribution in [0, 0.1) is 0 Å². The Morgan fingerprint density at radius 1 is 1.25 bits per heavy atom. The number of rotatable bonds is 9. The van der Waals surface area contributed by atoms with Gasteiger partial charge in [-0.15, -0.1) is 0 Å². The van der Waals surface area contributed by atoms with Crippen molar-refractivity contribution in [2.75, 3.05) is 24.9 Å². The number of carbonyl (C=O) groups excluding carboxylic acids is 1. The lowest BCUT2D eigenvalue weighted by molar-refractivity contribution is 0.104. The van der Waals surface area contributed by atoms with Crippen molar-refractivity contribution in [1.82, 2.24) is 4.90 Å². The van der Waals surface area contributed by atoms with Gasteiger partial charge in [-0.25, -0.2) is 8.42 Å². The van der Waals surface area contributed by atoms with Crippen LogP contribution in [0.15, 0.2) is 36.5 Å². The monoisotopic (exact) mass is 352 g/mol. The van der Waals surface area contributed by atoms with Gasteiger partial charge in [0.05, 0.1) is 10.9 Å². The van der Waals surface area contributed by atoms with Crippen molar-refractivity contribution in [3.8, 4) is 0 Å². The molecular formula is C18H28N2O3S. The number of sulfonamides is 1. The molecule has 0 aromatic heterocycles. The van der Waals surface area contributed by atoms with Crippen molar-refractivity contribution in [1.29, 1.82) is 0 Å². The van der Waals surface area contributed by atoms with E-state index in [4.69, 9.17) is 0 Å². The van der Waals surface area contributed by atoms with E-state index in [0.29, 0.717) is 17.8 Å². The molecule has 0 unspecified atom stereocenters. The Balaban J connectivity index is 3.21. The van der Waals surface area contributed by atoms with Crippen LogP contribution in [0.25, 0.3) is 0 Å². The van der Waals surface area contributed by atoms with Crippen molar-refractivity contribution in [3.05, 3.63) is 42.1 Å². The van der Waals surface area contributed by atoms with Crippen LogP contribution in [0.2, 0.25) is 0 Å². The summed E-state index contributed by atoms with van der Waals surface area (Å²) >= 11 is 0. The summed E-state index contributed by atoms with van der Waals surface area (Å²) in [5, 5.41) is -0.512. The first kappa shape index (κ1) is 20.2. The van der Waals surface area contributed by atoms with Gasteiger partial charge >= 0.3 is 0 Å². The molecule has 0 aliphatic carbocycles. The fourth-order valence-electron chi connectivity index (χ4n) is 2.09. The van der Waals surface area contributed by atoms with E-state index in [1.165, 1.54) is 10.4 Å². The normalized spacial score (nSPS) is 11.9. The van der Waals surface area contributed by atoms with Crippen LogP contribution in [0.3, 0.4) is 0 Å². The van der Waals surface area contributed by atoms with Crippen molar-refractivity contribution in [3.63, 3.8) is 0 Å². The third-order valence-electron chi connectivity index (χ3n) is 3.56. The minimum Gasteiger partial charge on any atom is -0.383 e. The maximum Gasteiger partial charge on any atom is 0.237 e. The highest BCUT2D eigenvalue weighted by Crippen LogP contribution is 2.23. The molecule has 0 saturated heterocycles. The Kier molecular flexibility index (Phi) is 7.48. The second kappa shape index (κ2) is 8.87. The molecule has 0 amide bonds. The zero-order valence-corrected chi connectivity index (χ0v) is 16.0. The summed E-state index contributed by atoms with van der Waals surface area (Å²) in [6, 6.07) is 6.81. The number of hydrogen-bond donors (Lipinski definition) is 0. The highest BCUT2D eigenvalue weighted by Gasteiger charge is 2.26. The van der Waals surface area contributed by atoms with Gasteiger partial charge in [0.2, 0.25) is 10.0 Å². The van der Waals surface area contributed by atoms with Gasteiger partial charge in [-0.05, 0) is 32.4 Å². The van der Waals surface area contributed by atoms with E-state index in [1.807, 2.05) is 21.0 Å². The molecule has 0 spiro atoms. The smallest absolute Gasteiger partial charge is 0.237 e. The molecule has 1 rings (SSSR count). The molecule has 0 bridgehead atoms. The molecule has 0 aliphatic rings. The average molecular weight is 353 g/mol. The van der Waals surface area contributed by atoms with Crippen LogP contribution >= 0.6 is 0 Å². The van der Waals surface area contributed by atoms with Crippen LogP contribution < -0.4 is 4.31 Å². The van der Waals surface area contributed by atoms with Gasteiger partial charge in [-0.2, -0.15) is 0 Å². The predicted molar refractivity (Wildman–Crippen MR) is 99.9 cm³/mol. The Bertz CT molecular complexity index is 679. The Morgan fingerprint density at radius 2 is 1.92 bits per heavy atom. The minimum atomic E-state index is -3.44. The van der Waals surface area contributed by atoms with Crippen molar-refractivity contribution in [2.24, 2.45) is 0 Å². The molecule has 1 aromatic carbocycles. The Hall–Kier alpha value is -1.82. The van der Waals surface area contributed by atoms with E-state index < -0.39 is 15.3 Å². The molecule has 0 atom stereocenters. The highest BCUT2D eigenvalue weighted by atomic mass is 32.2. The van der Waals surface area contributed by atoms with Crippen molar-refractivity contribution < 1.29 is 13.2 Å². The van der Waals surface area contributed by atoms with E-state index in [-0.39, 0.29) is 5.78 Å². The molecule has 6 heteroatoms. The van der Waals surface area contributed by atoms with Gasteiger partial charge < -0.3 is 4.90 Å². The SMILES string of the molecule is CCCCN(c1cccc(C(=O)/C=C/N(C)C)c1)S(=O)(=O)C(C)C. The summed E-state index contributed by atoms with van der Waals surface area (Å²) in [5.41, 5.74) is 1.02. The van der Waals surface area contributed by atoms with Crippen molar-refractivity contribution >= 4 is 21.5 Å². The molecule has 1 aromatic rings. The molecule has 0 radical (unpaired) electrons. The molecule has 0 fully saturated rings. The summed E-state index contributed by atoms with van der Waals surface area (Å²) in [7, 11) is 0.234. The molecule has 134 valence electrons. The number of anilines is 1. The van der Waals surface area contributed by atoms with Gasteiger partial charge in [-0.3, -0.25) is 9.10 Å². The van der Waals surface area contributed by atoms with E-state index in [9.17, 15) is 13.2 Å². The maximum atomic E-state index is 12.7. The summed E-state index contributed by atoms with van der Waals surface area (Å²) < 4.78 is 26.7. The number of carbonyl (C=O) groups is 1. The number of hydrogen-bond acceptors (Lipinski definition) is 4. The number of nitrogens with zero attached hydrogens (tertiary/aromatic N) is 2. The second-order valence-electron chi connectivity index (χ2n) is 6.21. The molecule has 0 N–H and O–H groups in total. The molecule has 24 heavy (non-hydrogen) atoms. The molecular weight excluding hydrogens is 324 g/mol. The second-order valence-corrected chi connectivity index (χ2v) is 8.63. The van der Waals surface area contributed by atoms with Crippen LogP contribution in [-0.2, 0) is 10.0 Å². The summed E-state index contributed by atoms with van der Waals surface area (Å²) in [4.78, 5) is 14.0. The van der Waals surface area contributed by atoms with Crippen molar-refractivity contribution in [2.45, 2.75) is 38.9 Å². The molecule has 5 nitrogen and oxygen atoms in total. The first-order valence-electron chi connectivity index (χ1n) is 8.20. The third kappa shape index (κ3) is 5.37. The topological polar surface area (TPSA) is 57.7 Å².